The summed E-state index contributed by atoms with van der Waals surface area (Å²) in [7, 11) is 0. The van der Waals surface area contributed by atoms with Crippen molar-refractivity contribution in [1.29, 1.82) is 0 Å². The van der Waals surface area contributed by atoms with Crippen LogP contribution >= 0.6 is 15.9 Å². The van der Waals surface area contributed by atoms with Crippen molar-refractivity contribution in [3.63, 3.8) is 0 Å². The van der Waals surface area contributed by atoms with Crippen LogP contribution in [0, 0.1) is 5.92 Å². The van der Waals surface area contributed by atoms with E-state index >= 15 is 0 Å². The minimum absolute atomic E-state index is 0.463. The van der Waals surface area contributed by atoms with Gasteiger partial charge >= 0.3 is 0 Å². The van der Waals surface area contributed by atoms with E-state index < -0.39 is 0 Å². The Morgan fingerprint density at radius 1 is 1.43 bits per heavy atom. The van der Waals surface area contributed by atoms with Crippen LogP contribution in [0.25, 0.3) is 5.65 Å². The predicted molar refractivity (Wildman–Crippen MR) is 88.5 cm³/mol. The lowest BCUT2D eigenvalue weighted by atomic mass is 9.83. The second-order valence-corrected chi connectivity index (χ2v) is 6.52. The van der Waals surface area contributed by atoms with E-state index in [1.54, 1.807) is 0 Å². The van der Waals surface area contributed by atoms with Crippen LogP contribution in [0.4, 0.5) is 5.95 Å². The third-order valence-electron chi connectivity index (χ3n) is 4.47. The molecule has 2 atom stereocenters. The van der Waals surface area contributed by atoms with Crippen LogP contribution in [0.15, 0.2) is 22.8 Å². The molecule has 2 aromatic heterocycles. The van der Waals surface area contributed by atoms with Crippen LogP contribution < -0.4 is 10.6 Å². The summed E-state index contributed by atoms with van der Waals surface area (Å²) in [6, 6.07) is 4.42. The molecule has 0 spiro atoms. The van der Waals surface area contributed by atoms with Gasteiger partial charge in [-0.3, -0.25) is 0 Å². The van der Waals surface area contributed by atoms with Crippen molar-refractivity contribution in [2.45, 2.75) is 38.6 Å². The smallest absolute Gasteiger partial charge is 0.245 e. The second-order valence-electron chi connectivity index (χ2n) is 5.67. The molecular formula is C15H22BrN5. The maximum atomic E-state index is 5.98. The first-order chi connectivity index (χ1) is 10.2. The summed E-state index contributed by atoms with van der Waals surface area (Å²) in [4.78, 5) is 7.05. The van der Waals surface area contributed by atoms with Crippen molar-refractivity contribution in [2.75, 3.05) is 18.0 Å². The summed E-state index contributed by atoms with van der Waals surface area (Å²) in [6.07, 6.45) is 6.90. The number of rotatable bonds is 4. The summed E-state index contributed by atoms with van der Waals surface area (Å²) in [5.41, 5.74) is 6.85. The average Bonchev–Trinajstić information content (AvgIpc) is 2.94. The van der Waals surface area contributed by atoms with Gasteiger partial charge in [0, 0.05) is 18.8 Å². The van der Waals surface area contributed by atoms with Gasteiger partial charge in [0.15, 0.2) is 5.65 Å². The molecule has 114 valence electrons. The quantitative estimate of drug-likeness (QED) is 0.919. The highest BCUT2D eigenvalue weighted by atomic mass is 79.9. The van der Waals surface area contributed by atoms with Crippen molar-refractivity contribution < 1.29 is 0 Å². The van der Waals surface area contributed by atoms with Gasteiger partial charge in [-0.05, 0) is 60.3 Å². The Labute approximate surface area is 133 Å². The largest absolute Gasteiger partial charge is 0.336 e. The number of hydrogen-bond acceptors (Lipinski definition) is 4. The molecule has 0 saturated heterocycles. The van der Waals surface area contributed by atoms with Crippen LogP contribution in [0.2, 0.25) is 0 Å². The van der Waals surface area contributed by atoms with E-state index in [2.05, 4.69) is 32.9 Å². The number of nitrogens with two attached hydrogens (primary N) is 1. The van der Waals surface area contributed by atoms with E-state index in [1.165, 1.54) is 25.7 Å². The van der Waals surface area contributed by atoms with Crippen molar-refractivity contribution in [3.8, 4) is 0 Å². The molecule has 0 bridgehead atoms. The fourth-order valence-electron chi connectivity index (χ4n) is 3.38. The monoisotopic (exact) mass is 351 g/mol. The molecule has 2 heterocycles. The second kappa shape index (κ2) is 6.32. The molecule has 0 aromatic carbocycles. The van der Waals surface area contributed by atoms with Crippen molar-refractivity contribution in [1.82, 2.24) is 14.6 Å². The minimum Gasteiger partial charge on any atom is -0.336 e. The van der Waals surface area contributed by atoms with Gasteiger partial charge in [-0.15, -0.1) is 5.10 Å². The molecule has 3 rings (SSSR count). The van der Waals surface area contributed by atoms with Gasteiger partial charge in [-0.25, -0.2) is 4.52 Å². The first kappa shape index (κ1) is 14.8. The number of halogens is 1. The zero-order chi connectivity index (χ0) is 14.8. The average molecular weight is 352 g/mol. The van der Waals surface area contributed by atoms with Crippen LogP contribution in [0.5, 0.6) is 0 Å². The highest BCUT2D eigenvalue weighted by Crippen LogP contribution is 2.30. The Morgan fingerprint density at radius 2 is 2.24 bits per heavy atom. The van der Waals surface area contributed by atoms with Gasteiger partial charge in [-0.1, -0.05) is 12.8 Å². The normalized spacial score (nSPS) is 22.6. The highest BCUT2D eigenvalue weighted by Gasteiger charge is 2.30. The number of pyridine rings is 1. The lowest BCUT2D eigenvalue weighted by Crippen LogP contribution is -2.45. The SMILES string of the molecule is CCN(c1nc2c(Br)cccn2n1)C1CCCCC1CN. The van der Waals surface area contributed by atoms with E-state index in [1.807, 2.05) is 22.8 Å². The Morgan fingerprint density at radius 3 is 2.95 bits per heavy atom. The van der Waals surface area contributed by atoms with E-state index in [0.29, 0.717) is 12.0 Å². The molecule has 1 saturated carbocycles. The summed E-state index contributed by atoms with van der Waals surface area (Å²) >= 11 is 3.54. The van der Waals surface area contributed by atoms with Crippen LogP contribution in [0.3, 0.4) is 0 Å². The fraction of sp³-hybridized carbons (Fsp3) is 0.600. The Hall–Kier alpha value is -1.14. The predicted octanol–water partition coefficient (Wildman–Crippen LogP) is 2.84. The van der Waals surface area contributed by atoms with E-state index in [0.717, 1.165) is 29.2 Å². The summed E-state index contributed by atoms with van der Waals surface area (Å²) in [5, 5.41) is 4.65. The number of nitrogens with zero attached hydrogens (tertiary/aromatic N) is 4. The summed E-state index contributed by atoms with van der Waals surface area (Å²) in [6.45, 7) is 3.83. The zero-order valence-corrected chi connectivity index (χ0v) is 14.0. The molecular weight excluding hydrogens is 330 g/mol. The summed E-state index contributed by atoms with van der Waals surface area (Å²) in [5.74, 6) is 1.36. The highest BCUT2D eigenvalue weighted by molar-refractivity contribution is 9.10. The van der Waals surface area contributed by atoms with Crippen LogP contribution in [0.1, 0.15) is 32.6 Å². The molecule has 0 amide bonds. The molecule has 2 unspecified atom stereocenters. The van der Waals surface area contributed by atoms with Gasteiger partial charge < -0.3 is 10.6 Å². The van der Waals surface area contributed by atoms with Crippen LogP contribution in [-0.2, 0) is 0 Å². The zero-order valence-electron chi connectivity index (χ0n) is 12.4. The van der Waals surface area contributed by atoms with Gasteiger partial charge in [0.1, 0.15) is 0 Å². The third kappa shape index (κ3) is 2.79. The molecule has 21 heavy (non-hydrogen) atoms. The first-order valence-electron chi connectivity index (χ1n) is 7.72. The lowest BCUT2D eigenvalue weighted by Gasteiger charge is -2.38. The number of aromatic nitrogens is 3. The maximum Gasteiger partial charge on any atom is 0.245 e. The molecule has 1 fully saturated rings. The molecule has 6 heteroatoms. The molecule has 1 aliphatic rings. The molecule has 5 nitrogen and oxygen atoms in total. The molecule has 2 aromatic rings. The van der Waals surface area contributed by atoms with Gasteiger partial charge in [0.05, 0.1) is 4.47 Å². The van der Waals surface area contributed by atoms with Crippen LogP contribution in [-0.4, -0.2) is 33.7 Å². The first-order valence-corrected chi connectivity index (χ1v) is 8.51. The van der Waals surface area contributed by atoms with Crippen molar-refractivity contribution in [3.05, 3.63) is 22.8 Å². The number of fused-ring (bicyclic) bond motifs is 1. The van der Waals surface area contributed by atoms with Gasteiger partial charge in [0.25, 0.3) is 0 Å². The third-order valence-corrected chi connectivity index (χ3v) is 5.09. The van der Waals surface area contributed by atoms with Gasteiger partial charge in [-0.2, -0.15) is 4.98 Å². The molecule has 0 aliphatic heterocycles. The number of anilines is 1. The lowest BCUT2D eigenvalue weighted by molar-refractivity contribution is 0.298. The Balaban J connectivity index is 1.95. The molecule has 1 aliphatic carbocycles. The number of hydrogen-bond donors (Lipinski definition) is 1. The Bertz CT molecular complexity index is 611. The van der Waals surface area contributed by atoms with E-state index in [4.69, 9.17) is 10.7 Å². The maximum absolute atomic E-state index is 5.98. The molecule has 0 radical (unpaired) electrons. The molecule has 2 N–H and O–H groups in total. The Kier molecular flexibility index (Phi) is 4.45. The van der Waals surface area contributed by atoms with Crippen molar-refractivity contribution in [2.24, 2.45) is 11.7 Å². The van der Waals surface area contributed by atoms with E-state index in [-0.39, 0.29) is 0 Å². The van der Waals surface area contributed by atoms with Crippen molar-refractivity contribution >= 4 is 27.5 Å². The van der Waals surface area contributed by atoms with Gasteiger partial charge in [0.2, 0.25) is 5.95 Å². The fourth-order valence-corrected chi connectivity index (χ4v) is 3.80. The minimum atomic E-state index is 0.463. The summed E-state index contributed by atoms with van der Waals surface area (Å²) < 4.78 is 2.81. The van der Waals surface area contributed by atoms with E-state index in [9.17, 15) is 0 Å². The topological polar surface area (TPSA) is 59.5 Å². The standard InChI is InChI=1S/C15H22BrN5/c1-2-20(13-8-4-3-6-11(13)10-17)15-18-14-12(16)7-5-9-21(14)19-15/h5,7,9,11,13H,2-4,6,8,10,17H2,1H3.